The molecule has 6 nitrogen and oxygen atoms in total. The lowest BCUT2D eigenvalue weighted by atomic mass is 10.2. The summed E-state index contributed by atoms with van der Waals surface area (Å²) >= 11 is 0. The Kier molecular flexibility index (Phi) is 4.24. The summed E-state index contributed by atoms with van der Waals surface area (Å²) in [5, 5.41) is 9.34. The molecule has 0 saturated heterocycles. The topological polar surface area (TPSA) is 76.4 Å². The summed E-state index contributed by atoms with van der Waals surface area (Å²) in [6.07, 6.45) is 0. The molecule has 1 aromatic heterocycles. The second-order valence-electron chi connectivity index (χ2n) is 4.34. The quantitative estimate of drug-likeness (QED) is 0.899. The summed E-state index contributed by atoms with van der Waals surface area (Å²) in [6.45, 7) is 4.03. The van der Waals surface area contributed by atoms with Gasteiger partial charge in [-0.1, -0.05) is 11.2 Å². The van der Waals surface area contributed by atoms with Gasteiger partial charge < -0.3 is 19.9 Å². The standard InChI is InChI=1S/C14H17N3O3/c1-9-13(10(2)20-17-9)8-15-14(18)16-11-5-4-6-12(7-11)19-3/h4-7H,8H2,1-3H3,(H2,15,16,18). The highest BCUT2D eigenvalue weighted by Crippen LogP contribution is 2.16. The Morgan fingerprint density at radius 3 is 2.85 bits per heavy atom. The van der Waals surface area contributed by atoms with Gasteiger partial charge >= 0.3 is 6.03 Å². The fourth-order valence-electron chi connectivity index (χ4n) is 1.80. The summed E-state index contributed by atoms with van der Waals surface area (Å²) in [6, 6.07) is 6.86. The number of hydrogen-bond donors (Lipinski definition) is 2. The molecule has 2 N–H and O–H groups in total. The van der Waals surface area contributed by atoms with Gasteiger partial charge in [-0.3, -0.25) is 0 Å². The predicted molar refractivity (Wildman–Crippen MR) is 74.8 cm³/mol. The molecule has 0 fully saturated rings. The highest BCUT2D eigenvalue weighted by molar-refractivity contribution is 5.89. The number of anilines is 1. The normalized spacial score (nSPS) is 10.2. The monoisotopic (exact) mass is 275 g/mol. The maximum absolute atomic E-state index is 11.8. The van der Waals surface area contributed by atoms with Gasteiger partial charge in [0.25, 0.3) is 0 Å². The van der Waals surface area contributed by atoms with Gasteiger partial charge in [-0.2, -0.15) is 0 Å². The van der Waals surface area contributed by atoms with Crippen molar-refractivity contribution < 1.29 is 14.1 Å². The number of methoxy groups -OCH3 is 1. The van der Waals surface area contributed by atoms with E-state index >= 15 is 0 Å². The number of ether oxygens (including phenoxy) is 1. The summed E-state index contributed by atoms with van der Waals surface area (Å²) < 4.78 is 10.1. The Bertz CT molecular complexity index is 588. The van der Waals surface area contributed by atoms with Crippen molar-refractivity contribution in [2.75, 3.05) is 12.4 Å². The Morgan fingerprint density at radius 1 is 1.40 bits per heavy atom. The van der Waals surface area contributed by atoms with Crippen LogP contribution in [0.4, 0.5) is 10.5 Å². The number of benzene rings is 1. The van der Waals surface area contributed by atoms with Crippen molar-refractivity contribution in [2.45, 2.75) is 20.4 Å². The van der Waals surface area contributed by atoms with Crippen molar-refractivity contribution in [3.63, 3.8) is 0 Å². The second kappa shape index (κ2) is 6.10. The lowest BCUT2D eigenvalue weighted by Crippen LogP contribution is -2.28. The van der Waals surface area contributed by atoms with Crippen LogP contribution in [-0.4, -0.2) is 18.3 Å². The third-order valence-corrected chi connectivity index (χ3v) is 2.93. The van der Waals surface area contributed by atoms with E-state index < -0.39 is 0 Å². The van der Waals surface area contributed by atoms with E-state index in [9.17, 15) is 4.79 Å². The van der Waals surface area contributed by atoms with E-state index in [1.807, 2.05) is 26.0 Å². The van der Waals surface area contributed by atoms with E-state index in [2.05, 4.69) is 15.8 Å². The van der Waals surface area contributed by atoms with Crippen LogP contribution < -0.4 is 15.4 Å². The van der Waals surface area contributed by atoms with Gasteiger partial charge in [0.05, 0.1) is 12.8 Å². The minimum Gasteiger partial charge on any atom is -0.497 e. The molecular weight excluding hydrogens is 258 g/mol. The Morgan fingerprint density at radius 2 is 2.20 bits per heavy atom. The number of carbonyl (C=O) groups is 1. The Balaban J connectivity index is 1.92. The Labute approximate surface area is 117 Å². The lowest BCUT2D eigenvalue weighted by Gasteiger charge is -2.08. The number of amides is 2. The number of aryl methyl sites for hydroxylation is 2. The molecule has 6 heteroatoms. The first kappa shape index (κ1) is 13.9. The van der Waals surface area contributed by atoms with Gasteiger partial charge in [-0.05, 0) is 26.0 Å². The first-order valence-electron chi connectivity index (χ1n) is 6.21. The molecule has 106 valence electrons. The van der Waals surface area contributed by atoms with Crippen molar-refractivity contribution in [1.82, 2.24) is 10.5 Å². The second-order valence-corrected chi connectivity index (χ2v) is 4.34. The minimum atomic E-state index is -0.293. The van der Waals surface area contributed by atoms with E-state index in [4.69, 9.17) is 9.26 Å². The molecule has 2 rings (SSSR count). The van der Waals surface area contributed by atoms with E-state index in [1.165, 1.54) is 0 Å². The minimum absolute atomic E-state index is 0.293. The van der Waals surface area contributed by atoms with Crippen LogP contribution in [0.1, 0.15) is 17.0 Å². The van der Waals surface area contributed by atoms with Gasteiger partial charge in [-0.15, -0.1) is 0 Å². The molecule has 0 radical (unpaired) electrons. The molecular formula is C14H17N3O3. The van der Waals surface area contributed by atoms with E-state index in [0.29, 0.717) is 23.7 Å². The lowest BCUT2D eigenvalue weighted by molar-refractivity contribution is 0.251. The number of nitrogens with zero attached hydrogens (tertiary/aromatic N) is 1. The molecule has 0 saturated carbocycles. The SMILES string of the molecule is COc1cccc(NC(=O)NCc2c(C)noc2C)c1. The van der Waals surface area contributed by atoms with Crippen molar-refractivity contribution in [3.05, 3.63) is 41.3 Å². The van der Waals surface area contributed by atoms with E-state index in [-0.39, 0.29) is 6.03 Å². The van der Waals surface area contributed by atoms with Crippen LogP contribution in [-0.2, 0) is 6.54 Å². The van der Waals surface area contributed by atoms with Crippen LogP contribution in [0.5, 0.6) is 5.75 Å². The van der Waals surface area contributed by atoms with Crippen LogP contribution in [0.15, 0.2) is 28.8 Å². The predicted octanol–water partition coefficient (Wildman–Crippen LogP) is 2.62. The average Bonchev–Trinajstić information content (AvgIpc) is 2.76. The zero-order chi connectivity index (χ0) is 14.5. The van der Waals surface area contributed by atoms with Gasteiger partial charge in [0.2, 0.25) is 0 Å². The van der Waals surface area contributed by atoms with Gasteiger partial charge in [-0.25, -0.2) is 4.79 Å². The number of urea groups is 1. The third-order valence-electron chi connectivity index (χ3n) is 2.93. The number of carbonyl (C=O) groups excluding carboxylic acids is 1. The molecule has 20 heavy (non-hydrogen) atoms. The van der Waals surface area contributed by atoms with Crippen molar-refractivity contribution in [1.29, 1.82) is 0 Å². The van der Waals surface area contributed by atoms with Crippen molar-refractivity contribution in [3.8, 4) is 5.75 Å². The number of rotatable bonds is 4. The first-order chi connectivity index (χ1) is 9.60. The van der Waals surface area contributed by atoms with E-state index in [1.54, 1.807) is 19.2 Å². The number of aromatic nitrogens is 1. The molecule has 0 bridgehead atoms. The molecule has 1 aromatic carbocycles. The fourth-order valence-corrected chi connectivity index (χ4v) is 1.80. The molecule has 2 amide bonds. The molecule has 0 spiro atoms. The fraction of sp³-hybridized carbons (Fsp3) is 0.286. The summed E-state index contributed by atoms with van der Waals surface area (Å²) in [7, 11) is 1.58. The summed E-state index contributed by atoms with van der Waals surface area (Å²) in [5.74, 6) is 1.40. The zero-order valence-corrected chi connectivity index (χ0v) is 11.7. The molecule has 0 aliphatic carbocycles. The highest BCUT2D eigenvalue weighted by atomic mass is 16.5. The van der Waals surface area contributed by atoms with Crippen LogP contribution in [0.25, 0.3) is 0 Å². The molecule has 0 unspecified atom stereocenters. The van der Waals surface area contributed by atoms with Crippen LogP contribution >= 0.6 is 0 Å². The van der Waals surface area contributed by atoms with Gasteiger partial charge in [0.1, 0.15) is 11.5 Å². The maximum Gasteiger partial charge on any atom is 0.319 e. The van der Waals surface area contributed by atoms with Crippen molar-refractivity contribution >= 4 is 11.7 Å². The first-order valence-corrected chi connectivity index (χ1v) is 6.21. The third kappa shape index (κ3) is 3.28. The number of nitrogens with one attached hydrogen (secondary N) is 2. The van der Waals surface area contributed by atoms with E-state index in [0.717, 1.165) is 11.3 Å². The zero-order valence-electron chi connectivity index (χ0n) is 11.7. The summed E-state index contributed by atoms with van der Waals surface area (Å²) in [4.78, 5) is 11.8. The molecule has 2 aromatic rings. The van der Waals surface area contributed by atoms with Gasteiger partial charge in [0.15, 0.2) is 0 Å². The smallest absolute Gasteiger partial charge is 0.319 e. The van der Waals surface area contributed by atoms with Gasteiger partial charge in [0, 0.05) is 23.9 Å². The molecule has 0 aliphatic rings. The average molecular weight is 275 g/mol. The molecule has 1 heterocycles. The van der Waals surface area contributed by atoms with Crippen LogP contribution in [0.2, 0.25) is 0 Å². The Hall–Kier alpha value is -2.50. The molecule has 0 aliphatic heterocycles. The molecule has 0 atom stereocenters. The summed E-state index contributed by atoms with van der Waals surface area (Å²) in [5.41, 5.74) is 2.34. The maximum atomic E-state index is 11.8. The van der Waals surface area contributed by atoms with Crippen LogP contribution in [0, 0.1) is 13.8 Å². The van der Waals surface area contributed by atoms with Crippen molar-refractivity contribution in [2.24, 2.45) is 0 Å². The largest absolute Gasteiger partial charge is 0.497 e. The number of hydrogen-bond acceptors (Lipinski definition) is 4. The van der Waals surface area contributed by atoms with Crippen LogP contribution in [0.3, 0.4) is 0 Å². The highest BCUT2D eigenvalue weighted by Gasteiger charge is 2.10.